The predicted octanol–water partition coefficient (Wildman–Crippen LogP) is 2.65. The van der Waals surface area contributed by atoms with Crippen molar-refractivity contribution in [1.82, 2.24) is 5.32 Å². The number of hydrogen-bond acceptors (Lipinski definition) is 3. The summed E-state index contributed by atoms with van der Waals surface area (Å²) in [5.41, 5.74) is 0.345. The molecule has 0 bridgehead atoms. The first-order valence-electron chi connectivity index (χ1n) is 6.89. The smallest absolute Gasteiger partial charge is 0.220 e. The van der Waals surface area contributed by atoms with E-state index in [1.807, 2.05) is 36.0 Å². The van der Waals surface area contributed by atoms with Gasteiger partial charge in [0.05, 0.1) is 5.60 Å². The van der Waals surface area contributed by atoms with Gasteiger partial charge in [-0.15, -0.1) is 0 Å². The summed E-state index contributed by atoms with van der Waals surface area (Å²) in [5, 5.41) is 13.8. The van der Waals surface area contributed by atoms with Crippen LogP contribution in [-0.2, 0) is 11.2 Å². The number of amides is 1. The van der Waals surface area contributed by atoms with E-state index in [1.54, 1.807) is 0 Å². The fourth-order valence-electron chi connectivity index (χ4n) is 2.23. The summed E-state index contributed by atoms with van der Waals surface area (Å²) in [7, 11) is 0. The van der Waals surface area contributed by atoms with Gasteiger partial charge in [-0.1, -0.05) is 23.7 Å². The summed E-state index contributed by atoms with van der Waals surface area (Å²) in [6.45, 7) is 0.363. The van der Waals surface area contributed by atoms with E-state index in [1.165, 1.54) is 0 Å². The number of rotatable bonds is 5. The van der Waals surface area contributed by atoms with E-state index in [9.17, 15) is 9.90 Å². The molecule has 1 aromatic carbocycles. The second-order valence-electron chi connectivity index (χ2n) is 5.24. The summed E-state index contributed by atoms with van der Waals surface area (Å²) >= 11 is 7.76. The first-order valence-corrected chi connectivity index (χ1v) is 8.42. The Bertz CT molecular complexity index is 461. The van der Waals surface area contributed by atoms with Crippen molar-refractivity contribution in [3.8, 4) is 0 Å². The van der Waals surface area contributed by atoms with Crippen LogP contribution in [0.4, 0.5) is 0 Å². The molecule has 1 fully saturated rings. The Morgan fingerprint density at radius 1 is 1.40 bits per heavy atom. The quantitative estimate of drug-likeness (QED) is 0.878. The lowest BCUT2D eigenvalue weighted by Gasteiger charge is -2.31. The van der Waals surface area contributed by atoms with Crippen molar-refractivity contribution in [2.75, 3.05) is 18.1 Å². The molecule has 1 saturated heterocycles. The summed E-state index contributed by atoms with van der Waals surface area (Å²) in [5.74, 6) is 1.92. The third-order valence-corrected chi connectivity index (χ3v) is 4.79. The highest BCUT2D eigenvalue weighted by molar-refractivity contribution is 7.99. The molecule has 2 N–H and O–H groups in total. The van der Waals surface area contributed by atoms with Crippen LogP contribution in [0.1, 0.15) is 24.8 Å². The van der Waals surface area contributed by atoms with Crippen LogP contribution in [0.15, 0.2) is 24.3 Å². The molecule has 3 nitrogen and oxygen atoms in total. The summed E-state index contributed by atoms with van der Waals surface area (Å²) in [6, 6.07) is 7.55. The zero-order valence-corrected chi connectivity index (χ0v) is 13.0. The summed E-state index contributed by atoms with van der Waals surface area (Å²) in [6.07, 6.45) is 2.60. The average Bonchev–Trinajstić information content (AvgIpc) is 2.44. The zero-order chi connectivity index (χ0) is 14.4. The van der Waals surface area contributed by atoms with Crippen molar-refractivity contribution in [2.45, 2.75) is 31.3 Å². The Labute approximate surface area is 129 Å². The average molecular weight is 314 g/mol. The van der Waals surface area contributed by atoms with E-state index in [-0.39, 0.29) is 5.91 Å². The largest absolute Gasteiger partial charge is 0.388 e. The molecular weight excluding hydrogens is 294 g/mol. The van der Waals surface area contributed by atoms with E-state index in [0.29, 0.717) is 24.4 Å². The number of hydrogen-bond donors (Lipinski definition) is 2. The highest BCUT2D eigenvalue weighted by atomic mass is 35.5. The lowest BCUT2D eigenvalue weighted by atomic mass is 9.97. The molecule has 1 aliphatic heterocycles. The Morgan fingerprint density at radius 2 is 2.15 bits per heavy atom. The number of thioether (sulfide) groups is 1. The molecule has 0 unspecified atom stereocenters. The molecule has 1 amide bonds. The number of carbonyl (C=O) groups is 1. The molecule has 0 radical (unpaired) electrons. The van der Waals surface area contributed by atoms with E-state index in [0.717, 1.165) is 29.9 Å². The van der Waals surface area contributed by atoms with Gasteiger partial charge in [0.2, 0.25) is 5.91 Å². The van der Waals surface area contributed by atoms with Crippen molar-refractivity contribution in [3.05, 3.63) is 34.9 Å². The van der Waals surface area contributed by atoms with Crippen LogP contribution in [0.25, 0.3) is 0 Å². The standard InChI is InChI=1S/C15H20ClNO2S/c16-13-3-1-2-12(10-13)4-5-14(18)17-11-15(19)6-8-20-9-7-15/h1-3,10,19H,4-9,11H2,(H,17,18). The molecule has 0 saturated carbocycles. The Morgan fingerprint density at radius 3 is 2.85 bits per heavy atom. The lowest BCUT2D eigenvalue weighted by Crippen LogP contribution is -2.45. The van der Waals surface area contributed by atoms with Crippen LogP contribution in [0.3, 0.4) is 0 Å². The van der Waals surface area contributed by atoms with Crippen LogP contribution in [0.5, 0.6) is 0 Å². The van der Waals surface area contributed by atoms with E-state index >= 15 is 0 Å². The summed E-state index contributed by atoms with van der Waals surface area (Å²) in [4.78, 5) is 11.8. The normalized spacial score (nSPS) is 17.7. The topological polar surface area (TPSA) is 49.3 Å². The van der Waals surface area contributed by atoms with E-state index in [4.69, 9.17) is 11.6 Å². The molecule has 1 aliphatic rings. The molecule has 0 aromatic heterocycles. The molecule has 0 spiro atoms. The maximum Gasteiger partial charge on any atom is 0.220 e. The fourth-order valence-corrected chi connectivity index (χ4v) is 3.70. The number of aryl methyl sites for hydroxylation is 1. The Balaban J connectivity index is 1.72. The van der Waals surface area contributed by atoms with Gasteiger partial charge in [-0.25, -0.2) is 0 Å². The maximum absolute atomic E-state index is 11.8. The summed E-state index contributed by atoms with van der Waals surface area (Å²) < 4.78 is 0. The minimum atomic E-state index is -0.711. The van der Waals surface area contributed by atoms with Crippen molar-refractivity contribution < 1.29 is 9.90 Å². The SMILES string of the molecule is O=C(CCc1cccc(Cl)c1)NCC1(O)CCSCC1. The first kappa shape index (κ1) is 15.7. The van der Waals surface area contributed by atoms with Gasteiger partial charge in [-0.05, 0) is 48.5 Å². The predicted molar refractivity (Wildman–Crippen MR) is 84.3 cm³/mol. The Kier molecular flexibility index (Phi) is 5.75. The van der Waals surface area contributed by atoms with Gasteiger partial charge >= 0.3 is 0 Å². The van der Waals surface area contributed by atoms with Crippen LogP contribution in [0, 0.1) is 0 Å². The molecule has 5 heteroatoms. The second kappa shape index (κ2) is 7.34. The van der Waals surface area contributed by atoms with Crippen molar-refractivity contribution in [2.24, 2.45) is 0 Å². The Hall–Kier alpha value is -0.710. The highest BCUT2D eigenvalue weighted by Gasteiger charge is 2.29. The van der Waals surface area contributed by atoms with Gasteiger partial charge in [0.25, 0.3) is 0 Å². The van der Waals surface area contributed by atoms with Crippen LogP contribution in [0.2, 0.25) is 5.02 Å². The van der Waals surface area contributed by atoms with Gasteiger partial charge in [-0.3, -0.25) is 4.79 Å². The van der Waals surface area contributed by atoms with Gasteiger partial charge in [0.15, 0.2) is 0 Å². The molecule has 110 valence electrons. The molecule has 1 aromatic rings. The number of nitrogens with one attached hydrogen (secondary N) is 1. The second-order valence-corrected chi connectivity index (χ2v) is 6.90. The van der Waals surface area contributed by atoms with Gasteiger partial charge in [0, 0.05) is 18.0 Å². The minimum Gasteiger partial charge on any atom is -0.388 e. The molecule has 1 heterocycles. The molecule has 0 aliphatic carbocycles. The van der Waals surface area contributed by atoms with E-state index < -0.39 is 5.60 Å². The first-order chi connectivity index (χ1) is 9.57. The third-order valence-electron chi connectivity index (χ3n) is 3.57. The molecule has 20 heavy (non-hydrogen) atoms. The van der Waals surface area contributed by atoms with E-state index in [2.05, 4.69) is 5.32 Å². The highest BCUT2D eigenvalue weighted by Crippen LogP contribution is 2.26. The van der Waals surface area contributed by atoms with Crippen molar-refractivity contribution in [1.29, 1.82) is 0 Å². The van der Waals surface area contributed by atoms with Crippen molar-refractivity contribution >= 4 is 29.3 Å². The van der Waals surface area contributed by atoms with Gasteiger partial charge < -0.3 is 10.4 Å². The minimum absolute atomic E-state index is 0.0170. The van der Waals surface area contributed by atoms with Gasteiger partial charge in [0.1, 0.15) is 0 Å². The number of benzene rings is 1. The molecule has 2 rings (SSSR count). The molecule has 0 atom stereocenters. The molecular formula is C15H20ClNO2S. The zero-order valence-electron chi connectivity index (χ0n) is 11.4. The van der Waals surface area contributed by atoms with Gasteiger partial charge in [-0.2, -0.15) is 11.8 Å². The fraction of sp³-hybridized carbons (Fsp3) is 0.533. The monoisotopic (exact) mass is 313 g/mol. The maximum atomic E-state index is 11.8. The van der Waals surface area contributed by atoms with Crippen LogP contribution >= 0.6 is 23.4 Å². The number of carbonyl (C=O) groups excluding carboxylic acids is 1. The number of aliphatic hydroxyl groups is 1. The van der Waals surface area contributed by atoms with Crippen LogP contribution in [-0.4, -0.2) is 34.7 Å². The third kappa shape index (κ3) is 5.00. The number of halogens is 1. The lowest BCUT2D eigenvalue weighted by molar-refractivity contribution is -0.122. The van der Waals surface area contributed by atoms with Crippen LogP contribution < -0.4 is 5.32 Å². The van der Waals surface area contributed by atoms with Crippen molar-refractivity contribution in [3.63, 3.8) is 0 Å².